The smallest absolute Gasteiger partial charge is 0.330 e. The molecule has 0 atom stereocenters. The van der Waals surface area contributed by atoms with Gasteiger partial charge in [-0.05, 0) is 104 Å². The zero-order chi connectivity index (χ0) is 34.4. The van der Waals surface area contributed by atoms with Crippen LogP contribution >= 0.6 is 0 Å². The Morgan fingerprint density at radius 3 is 1.54 bits per heavy atom. The second-order valence-electron chi connectivity index (χ2n) is 11.0. The molecule has 10 heteroatoms. The molecular formula is C38H38O9S. The molecule has 0 heterocycles. The second-order valence-corrected chi connectivity index (χ2v) is 12.9. The summed E-state index contributed by atoms with van der Waals surface area (Å²) in [5, 5.41) is 0. The first-order valence-corrected chi connectivity index (χ1v) is 17.0. The maximum atomic E-state index is 13.2. The summed E-state index contributed by atoms with van der Waals surface area (Å²) < 4.78 is 47.7. The molecule has 0 unspecified atom stereocenters. The van der Waals surface area contributed by atoms with Gasteiger partial charge in [-0.1, -0.05) is 48.5 Å². The van der Waals surface area contributed by atoms with Crippen LogP contribution in [0, 0.1) is 6.92 Å². The van der Waals surface area contributed by atoms with Crippen LogP contribution in [-0.4, -0.2) is 39.5 Å². The molecule has 0 aliphatic carbocycles. The van der Waals surface area contributed by atoms with Crippen molar-refractivity contribution in [3.05, 3.63) is 126 Å². The van der Waals surface area contributed by atoms with Crippen molar-refractivity contribution in [3.8, 4) is 17.2 Å². The molecule has 0 spiro atoms. The van der Waals surface area contributed by atoms with E-state index in [9.17, 15) is 22.8 Å². The van der Waals surface area contributed by atoms with Crippen molar-refractivity contribution in [2.75, 3.05) is 13.2 Å². The Balaban J connectivity index is 1.19. The van der Waals surface area contributed by atoms with Crippen LogP contribution < -0.4 is 14.2 Å². The molecule has 0 amide bonds. The Bertz CT molecular complexity index is 1780. The molecule has 0 aromatic heterocycles. The predicted octanol–water partition coefficient (Wildman–Crippen LogP) is 6.79. The van der Waals surface area contributed by atoms with Gasteiger partial charge in [-0.25, -0.2) is 13.2 Å². The van der Waals surface area contributed by atoms with Gasteiger partial charge in [-0.3, -0.25) is 9.59 Å². The van der Waals surface area contributed by atoms with Gasteiger partial charge >= 0.3 is 17.9 Å². The highest BCUT2D eigenvalue weighted by Crippen LogP contribution is 2.25. The molecule has 4 rings (SSSR count). The summed E-state index contributed by atoms with van der Waals surface area (Å²) in [7, 11) is -3.86. The molecule has 48 heavy (non-hydrogen) atoms. The topological polar surface area (TPSA) is 122 Å². The lowest BCUT2D eigenvalue weighted by molar-refractivity contribution is -0.138. The maximum absolute atomic E-state index is 13.2. The predicted molar refractivity (Wildman–Crippen MR) is 180 cm³/mol. The summed E-state index contributed by atoms with van der Waals surface area (Å²) in [6, 6.07) is 26.6. The standard InChI is InChI=1S/C38H38O9S/c1-3-36(39)45-27-5-4-26-44-31-14-10-30(11-15-31)13-25-38(41)47-33-18-22-35(23-19-33)48(42,43)34-20-16-32(17-21-34)46-37(40)24-12-29-8-6-28(2)7-9-29/h3,6-11,14-23H,1,4-5,12-13,24-27H2,2H3. The summed E-state index contributed by atoms with van der Waals surface area (Å²) in [6.07, 6.45) is 3.87. The Hall–Kier alpha value is -5.22. The Labute approximate surface area is 281 Å². The van der Waals surface area contributed by atoms with Crippen molar-refractivity contribution in [2.24, 2.45) is 0 Å². The number of carbonyl (C=O) groups is 3. The quantitative estimate of drug-likeness (QED) is 0.0517. The summed E-state index contributed by atoms with van der Waals surface area (Å²) in [4.78, 5) is 35.8. The Morgan fingerprint density at radius 2 is 1.06 bits per heavy atom. The highest BCUT2D eigenvalue weighted by Gasteiger charge is 2.19. The van der Waals surface area contributed by atoms with Gasteiger partial charge in [0, 0.05) is 18.9 Å². The molecule has 0 aliphatic rings. The number of aryl methyl sites for hydroxylation is 3. The van der Waals surface area contributed by atoms with Crippen molar-refractivity contribution in [2.45, 2.75) is 55.2 Å². The van der Waals surface area contributed by atoms with Gasteiger partial charge in [0.25, 0.3) is 0 Å². The van der Waals surface area contributed by atoms with Crippen molar-refractivity contribution < 1.29 is 41.7 Å². The molecule has 0 saturated carbocycles. The first-order chi connectivity index (χ1) is 23.1. The average molecular weight is 671 g/mol. The van der Waals surface area contributed by atoms with Gasteiger partial charge in [0.05, 0.1) is 23.0 Å². The lowest BCUT2D eigenvalue weighted by Crippen LogP contribution is -2.10. The number of hydrogen-bond acceptors (Lipinski definition) is 9. The van der Waals surface area contributed by atoms with E-state index in [1.807, 2.05) is 55.5 Å². The van der Waals surface area contributed by atoms with Crippen LogP contribution in [0.1, 0.15) is 42.4 Å². The number of carbonyl (C=O) groups excluding carboxylic acids is 3. The number of unbranched alkanes of at least 4 members (excludes halogenated alkanes) is 1. The lowest BCUT2D eigenvalue weighted by atomic mass is 10.1. The van der Waals surface area contributed by atoms with E-state index in [2.05, 4.69) is 6.58 Å². The molecule has 4 aromatic rings. The minimum atomic E-state index is -3.86. The first-order valence-electron chi connectivity index (χ1n) is 15.6. The van der Waals surface area contributed by atoms with Crippen LogP contribution in [0.3, 0.4) is 0 Å². The van der Waals surface area contributed by atoms with Crippen molar-refractivity contribution in [3.63, 3.8) is 0 Å². The summed E-state index contributed by atoms with van der Waals surface area (Å²) in [5.41, 5.74) is 3.11. The van der Waals surface area contributed by atoms with E-state index in [1.54, 1.807) is 0 Å². The van der Waals surface area contributed by atoms with Crippen LogP contribution in [0.15, 0.2) is 120 Å². The monoisotopic (exact) mass is 670 g/mol. The molecule has 9 nitrogen and oxygen atoms in total. The van der Waals surface area contributed by atoms with Gasteiger partial charge in [-0.15, -0.1) is 0 Å². The number of sulfone groups is 1. The van der Waals surface area contributed by atoms with Gasteiger partial charge < -0.3 is 18.9 Å². The molecule has 0 radical (unpaired) electrons. The lowest BCUT2D eigenvalue weighted by Gasteiger charge is -2.09. The number of rotatable bonds is 17. The van der Waals surface area contributed by atoms with E-state index in [1.165, 1.54) is 48.5 Å². The molecule has 0 saturated heterocycles. The molecule has 0 aliphatic heterocycles. The summed E-state index contributed by atoms with van der Waals surface area (Å²) >= 11 is 0. The number of benzene rings is 4. The molecule has 4 aromatic carbocycles. The van der Waals surface area contributed by atoms with Crippen molar-refractivity contribution >= 4 is 27.7 Å². The summed E-state index contributed by atoms with van der Waals surface area (Å²) in [5.74, 6) is -0.114. The number of ether oxygens (including phenoxy) is 4. The number of esters is 3. The maximum Gasteiger partial charge on any atom is 0.330 e. The third kappa shape index (κ3) is 11.2. The van der Waals surface area contributed by atoms with Gasteiger partial charge in [0.2, 0.25) is 9.84 Å². The zero-order valence-corrected chi connectivity index (χ0v) is 27.6. The van der Waals surface area contributed by atoms with Gasteiger partial charge in [0.15, 0.2) is 0 Å². The van der Waals surface area contributed by atoms with E-state index >= 15 is 0 Å². The van der Waals surface area contributed by atoms with E-state index in [0.717, 1.165) is 29.2 Å². The van der Waals surface area contributed by atoms with Crippen LogP contribution in [0.4, 0.5) is 0 Å². The minimum absolute atomic E-state index is 0.0311. The van der Waals surface area contributed by atoms with Crippen LogP contribution in [0.25, 0.3) is 0 Å². The highest BCUT2D eigenvalue weighted by atomic mass is 32.2. The fraction of sp³-hybridized carbons (Fsp3) is 0.237. The third-order valence-electron chi connectivity index (χ3n) is 7.23. The fourth-order valence-corrected chi connectivity index (χ4v) is 5.76. The Morgan fingerprint density at radius 1 is 0.625 bits per heavy atom. The number of hydrogen-bond donors (Lipinski definition) is 0. The van der Waals surface area contributed by atoms with Crippen LogP contribution in [0.5, 0.6) is 17.2 Å². The van der Waals surface area contributed by atoms with Crippen molar-refractivity contribution in [1.82, 2.24) is 0 Å². The highest BCUT2D eigenvalue weighted by molar-refractivity contribution is 7.91. The van der Waals surface area contributed by atoms with Gasteiger partial charge in [-0.2, -0.15) is 0 Å². The normalized spacial score (nSPS) is 10.9. The van der Waals surface area contributed by atoms with E-state index < -0.39 is 27.7 Å². The van der Waals surface area contributed by atoms with Crippen LogP contribution in [0.2, 0.25) is 0 Å². The van der Waals surface area contributed by atoms with E-state index in [-0.39, 0.29) is 34.1 Å². The van der Waals surface area contributed by atoms with Crippen LogP contribution in [-0.2, 0) is 41.8 Å². The molecule has 250 valence electrons. The SMILES string of the molecule is C=CC(=O)OCCCCOc1ccc(CCC(=O)Oc2ccc(S(=O)(=O)c3ccc(OC(=O)CCc4ccc(C)cc4)cc3)cc2)cc1. The average Bonchev–Trinajstić information content (AvgIpc) is 3.09. The second kappa shape index (κ2) is 17.6. The van der Waals surface area contributed by atoms with Crippen molar-refractivity contribution in [1.29, 1.82) is 0 Å². The molecular weight excluding hydrogens is 632 g/mol. The largest absolute Gasteiger partial charge is 0.494 e. The summed E-state index contributed by atoms with van der Waals surface area (Å²) in [6.45, 7) is 6.14. The fourth-order valence-electron chi connectivity index (χ4n) is 4.50. The molecule has 0 bridgehead atoms. The molecule has 0 N–H and O–H groups in total. The molecule has 0 fully saturated rings. The zero-order valence-electron chi connectivity index (χ0n) is 26.8. The first kappa shape index (κ1) is 35.6. The third-order valence-corrected chi connectivity index (χ3v) is 9.01. The minimum Gasteiger partial charge on any atom is -0.494 e. The van der Waals surface area contributed by atoms with Gasteiger partial charge in [0.1, 0.15) is 17.2 Å². The van der Waals surface area contributed by atoms with E-state index in [4.69, 9.17) is 18.9 Å². The van der Waals surface area contributed by atoms with E-state index in [0.29, 0.717) is 38.2 Å². The Kier molecular flexibility index (Phi) is 13.1.